The fourth-order valence-electron chi connectivity index (χ4n) is 1.46. The van der Waals surface area contributed by atoms with Crippen molar-refractivity contribution < 1.29 is 9.53 Å². The van der Waals surface area contributed by atoms with E-state index in [0.717, 1.165) is 12.8 Å². The van der Waals surface area contributed by atoms with E-state index < -0.39 is 0 Å². The van der Waals surface area contributed by atoms with Crippen LogP contribution in [-0.2, 0) is 9.53 Å². The first-order valence-corrected chi connectivity index (χ1v) is 5.18. The number of ether oxygens (including phenoxy) is 1. The molecule has 5 heteroatoms. The van der Waals surface area contributed by atoms with E-state index in [1.54, 1.807) is 18.3 Å². The van der Waals surface area contributed by atoms with Crippen LogP contribution in [0.3, 0.4) is 0 Å². The van der Waals surface area contributed by atoms with Crippen LogP contribution >= 0.6 is 11.6 Å². The fraction of sp³-hybridized carbons (Fsp3) is 0.400. The Morgan fingerprint density at radius 2 is 2.53 bits per heavy atom. The largest absolute Gasteiger partial charge is 0.368 e. The number of aromatic nitrogens is 1. The molecule has 1 atom stereocenters. The first-order valence-electron chi connectivity index (χ1n) is 4.80. The molecule has 4 nitrogen and oxygen atoms in total. The molecule has 1 unspecified atom stereocenters. The average Bonchev–Trinajstić information content (AvgIpc) is 2.74. The molecular weight excluding hydrogens is 216 g/mol. The van der Waals surface area contributed by atoms with Gasteiger partial charge >= 0.3 is 0 Å². The Morgan fingerprint density at radius 3 is 3.20 bits per heavy atom. The molecule has 80 valence electrons. The molecule has 1 aromatic rings. The van der Waals surface area contributed by atoms with Gasteiger partial charge in [0.15, 0.2) is 5.82 Å². The summed E-state index contributed by atoms with van der Waals surface area (Å²) in [4.78, 5) is 15.6. The van der Waals surface area contributed by atoms with Crippen molar-refractivity contribution in [3.63, 3.8) is 0 Å². The molecule has 1 aliphatic heterocycles. The molecule has 0 saturated carbocycles. The molecule has 1 amide bonds. The molecule has 1 fully saturated rings. The van der Waals surface area contributed by atoms with E-state index in [2.05, 4.69) is 10.3 Å². The monoisotopic (exact) mass is 226 g/mol. The lowest BCUT2D eigenvalue weighted by molar-refractivity contribution is -0.124. The van der Waals surface area contributed by atoms with Crippen molar-refractivity contribution in [1.82, 2.24) is 4.98 Å². The van der Waals surface area contributed by atoms with Gasteiger partial charge in [0.2, 0.25) is 0 Å². The van der Waals surface area contributed by atoms with Gasteiger partial charge in [-0.25, -0.2) is 4.98 Å². The highest BCUT2D eigenvalue weighted by Gasteiger charge is 2.24. The Balaban J connectivity index is 2.02. The van der Waals surface area contributed by atoms with E-state index in [1.165, 1.54) is 0 Å². The number of anilines is 1. The van der Waals surface area contributed by atoms with Crippen molar-refractivity contribution in [3.8, 4) is 0 Å². The molecule has 0 radical (unpaired) electrons. The molecule has 1 aliphatic rings. The Kier molecular flexibility index (Phi) is 3.18. The second-order valence-corrected chi connectivity index (χ2v) is 3.73. The average molecular weight is 227 g/mol. The fourth-order valence-corrected chi connectivity index (χ4v) is 1.63. The highest BCUT2D eigenvalue weighted by Crippen LogP contribution is 2.19. The molecule has 2 heterocycles. The van der Waals surface area contributed by atoms with Gasteiger partial charge in [-0.05, 0) is 25.0 Å². The van der Waals surface area contributed by atoms with Crippen LogP contribution in [0.2, 0.25) is 5.02 Å². The number of hydrogen-bond acceptors (Lipinski definition) is 3. The molecule has 0 bridgehead atoms. The van der Waals surface area contributed by atoms with E-state index in [-0.39, 0.29) is 12.0 Å². The van der Waals surface area contributed by atoms with Crippen molar-refractivity contribution in [2.24, 2.45) is 0 Å². The first-order chi connectivity index (χ1) is 7.27. The maximum absolute atomic E-state index is 11.6. The highest BCUT2D eigenvalue weighted by atomic mass is 35.5. The third kappa shape index (κ3) is 2.46. The van der Waals surface area contributed by atoms with Crippen molar-refractivity contribution in [1.29, 1.82) is 0 Å². The number of nitrogens with zero attached hydrogens (tertiary/aromatic N) is 1. The molecule has 1 saturated heterocycles. The van der Waals surface area contributed by atoms with Gasteiger partial charge in [0.05, 0.1) is 5.02 Å². The minimum Gasteiger partial charge on any atom is -0.368 e. The zero-order chi connectivity index (χ0) is 10.7. The number of rotatable bonds is 2. The lowest BCUT2D eigenvalue weighted by atomic mass is 10.2. The Hall–Kier alpha value is -1.13. The number of halogens is 1. The van der Waals surface area contributed by atoms with Crippen molar-refractivity contribution >= 4 is 23.3 Å². The number of nitrogens with one attached hydrogen (secondary N) is 1. The van der Waals surface area contributed by atoms with Crippen LogP contribution in [-0.4, -0.2) is 23.6 Å². The summed E-state index contributed by atoms with van der Waals surface area (Å²) in [6.45, 7) is 0.647. The number of hydrogen-bond donors (Lipinski definition) is 1. The predicted octanol–water partition coefficient (Wildman–Crippen LogP) is 1.85. The van der Waals surface area contributed by atoms with Gasteiger partial charge in [0.25, 0.3) is 5.91 Å². The summed E-state index contributed by atoms with van der Waals surface area (Å²) >= 11 is 5.86. The molecular formula is C10H11ClN2O2. The second-order valence-electron chi connectivity index (χ2n) is 3.32. The van der Waals surface area contributed by atoms with E-state index >= 15 is 0 Å². The summed E-state index contributed by atoms with van der Waals surface area (Å²) in [6.07, 6.45) is 2.91. The zero-order valence-electron chi connectivity index (χ0n) is 8.07. The normalized spacial score (nSPS) is 20.2. The maximum atomic E-state index is 11.6. The lowest BCUT2D eigenvalue weighted by Crippen LogP contribution is -2.27. The number of amides is 1. The Bertz CT molecular complexity index is 364. The van der Waals surface area contributed by atoms with E-state index in [0.29, 0.717) is 17.4 Å². The summed E-state index contributed by atoms with van der Waals surface area (Å²) in [6, 6.07) is 3.39. The van der Waals surface area contributed by atoms with Gasteiger partial charge in [-0.15, -0.1) is 0 Å². The summed E-state index contributed by atoms with van der Waals surface area (Å²) in [5.74, 6) is 0.216. The SMILES string of the molecule is O=C(Nc1ncccc1Cl)C1CCCO1. The van der Waals surface area contributed by atoms with Crippen molar-refractivity contribution in [2.75, 3.05) is 11.9 Å². The third-order valence-corrected chi connectivity index (χ3v) is 2.53. The second kappa shape index (κ2) is 4.59. The number of pyridine rings is 1. The summed E-state index contributed by atoms with van der Waals surface area (Å²) < 4.78 is 5.24. The summed E-state index contributed by atoms with van der Waals surface area (Å²) in [5.41, 5.74) is 0. The molecule has 15 heavy (non-hydrogen) atoms. The molecule has 2 rings (SSSR count). The van der Waals surface area contributed by atoms with Crippen molar-refractivity contribution in [3.05, 3.63) is 23.4 Å². The molecule has 0 spiro atoms. The van der Waals surface area contributed by atoms with Crippen LogP contribution in [0.1, 0.15) is 12.8 Å². The molecule has 0 aromatic carbocycles. The smallest absolute Gasteiger partial charge is 0.254 e. The molecule has 1 N–H and O–H groups in total. The summed E-state index contributed by atoms with van der Waals surface area (Å²) in [7, 11) is 0. The standard InChI is InChI=1S/C10H11ClN2O2/c11-7-3-1-5-12-9(7)13-10(14)8-4-2-6-15-8/h1,3,5,8H,2,4,6H2,(H,12,13,14). The third-order valence-electron chi connectivity index (χ3n) is 2.22. The van der Waals surface area contributed by atoms with Gasteiger partial charge in [0.1, 0.15) is 6.10 Å². The quantitative estimate of drug-likeness (QED) is 0.838. The minimum absolute atomic E-state index is 0.173. The molecule has 0 aliphatic carbocycles. The van der Waals surface area contributed by atoms with Gasteiger partial charge in [-0.2, -0.15) is 0 Å². The minimum atomic E-state index is -0.358. The Labute approximate surface area is 92.6 Å². The predicted molar refractivity (Wildman–Crippen MR) is 56.9 cm³/mol. The van der Waals surface area contributed by atoms with Crippen LogP contribution in [0.5, 0.6) is 0 Å². The van der Waals surface area contributed by atoms with Gasteiger partial charge in [0, 0.05) is 12.8 Å². The van der Waals surface area contributed by atoms with Crippen LogP contribution in [0.25, 0.3) is 0 Å². The topological polar surface area (TPSA) is 51.2 Å². The van der Waals surface area contributed by atoms with E-state index in [4.69, 9.17) is 16.3 Å². The van der Waals surface area contributed by atoms with E-state index in [9.17, 15) is 4.79 Å². The van der Waals surface area contributed by atoms with Crippen LogP contribution in [0.4, 0.5) is 5.82 Å². The maximum Gasteiger partial charge on any atom is 0.254 e. The zero-order valence-corrected chi connectivity index (χ0v) is 8.83. The van der Waals surface area contributed by atoms with Crippen LogP contribution in [0.15, 0.2) is 18.3 Å². The molecule has 1 aromatic heterocycles. The van der Waals surface area contributed by atoms with Crippen LogP contribution < -0.4 is 5.32 Å². The Morgan fingerprint density at radius 1 is 1.67 bits per heavy atom. The van der Waals surface area contributed by atoms with Crippen LogP contribution in [0, 0.1) is 0 Å². The number of carbonyl (C=O) groups is 1. The van der Waals surface area contributed by atoms with E-state index in [1.807, 2.05) is 0 Å². The van der Waals surface area contributed by atoms with Crippen molar-refractivity contribution in [2.45, 2.75) is 18.9 Å². The lowest BCUT2D eigenvalue weighted by Gasteiger charge is -2.10. The summed E-state index contributed by atoms with van der Waals surface area (Å²) in [5, 5.41) is 3.08. The highest BCUT2D eigenvalue weighted by molar-refractivity contribution is 6.33. The number of carbonyl (C=O) groups excluding carboxylic acids is 1. The van der Waals surface area contributed by atoms with Gasteiger partial charge in [-0.1, -0.05) is 11.6 Å². The first kappa shape index (κ1) is 10.4. The van der Waals surface area contributed by atoms with Gasteiger partial charge in [-0.3, -0.25) is 4.79 Å². The van der Waals surface area contributed by atoms with Gasteiger partial charge < -0.3 is 10.1 Å².